The first kappa shape index (κ1) is 13.3. The van der Waals surface area contributed by atoms with Crippen molar-refractivity contribution in [3.05, 3.63) is 65.0 Å². The van der Waals surface area contributed by atoms with Gasteiger partial charge in [0.05, 0.1) is 0 Å². The van der Waals surface area contributed by atoms with Gasteiger partial charge in [0, 0.05) is 18.3 Å². The predicted octanol–water partition coefficient (Wildman–Crippen LogP) is 2.59. The van der Waals surface area contributed by atoms with Gasteiger partial charge in [-0.25, -0.2) is 4.98 Å². The highest BCUT2D eigenvalue weighted by Gasteiger charge is 2.01. The third-order valence-electron chi connectivity index (χ3n) is 2.99. The van der Waals surface area contributed by atoms with Crippen LogP contribution in [0.15, 0.2) is 42.6 Å². The molecule has 1 aromatic carbocycles. The maximum Gasteiger partial charge on any atom is 0.144 e. The van der Waals surface area contributed by atoms with Crippen LogP contribution in [0.1, 0.15) is 22.4 Å². The fourth-order valence-electron chi connectivity index (χ4n) is 2.01. The first-order valence-corrected chi connectivity index (χ1v) is 6.40. The van der Waals surface area contributed by atoms with Gasteiger partial charge in [-0.15, -0.1) is 0 Å². The van der Waals surface area contributed by atoms with Crippen LogP contribution in [-0.2, 0) is 13.0 Å². The molecule has 0 aliphatic carbocycles. The van der Waals surface area contributed by atoms with E-state index in [2.05, 4.69) is 47.6 Å². The molecule has 0 aliphatic rings. The molecule has 3 heteroatoms. The minimum Gasteiger partial charge on any atom is -0.312 e. The largest absolute Gasteiger partial charge is 0.312 e. The molecule has 0 fully saturated rings. The minimum absolute atomic E-state index is 0.505. The highest BCUT2D eigenvalue weighted by molar-refractivity contribution is 5.30. The summed E-state index contributed by atoms with van der Waals surface area (Å²) in [6.45, 7) is 3.68. The van der Waals surface area contributed by atoms with Crippen LogP contribution in [0.5, 0.6) is 0 Å². The molecule has 96 valence electrons. The number of hydrogen-bond donors (Lipinski definition) is 1. The summed E-state index contributed by atoms with van der Waals surface area (Å²) in [6.07, 6.45) is 2.64. The maximum atomic E-state index is 8.94. The third-order valence-corrected chi connectivity index (χ3v) is 2.99. The third kappa shape index (κ3) is 3.90. The second kappa shape index (κ2) is 6.67. The van der Waals surface area contributed by atoms with Crippen molar-refractivity contribution in [1.29, 1.82) is 5.26 Å². The summed E-state index contributed by atoms with van der Waals surface area (Å²) in [5.41, 5.74) is 4.08. The number of nitrogens with one attached hydrogen (secondary N) is 1. The van der Waals surface area contributed by atoms with Crippen molar-refractivity contribution >= 4 is 0 Å². The quantitative estimate of drug-likeness (QED) is 0.831. The van der Waals surface area contributed by atoms with Crippen molar-refractivity contribution in [2.75, 3.05) is 6.54 Å². The average molecular weight is 251 g/mol. The predicted molar refractivity (Wildman–Crippen MR) is 75.5 cm³/mol. The second-order valence-electron chi connectivity index (χ2n) is 4.54. The van der Waals surface area contributed by atoms with Crippen molar-refractivity contribution in [2.24, 2.45) is 0 Å². The summed E-state index contributed by atoms with van der Waals surface area (Å²) in [5.74, 6) is 0. The number of pyridine rings is 1. The van der Waals surface area contributed by atoms with Crippen LogP contribution in [0.25, 0.3) is 0 Å². The van der Waals surface area contributed by atoms with Gasteiger partial charge in [0.15, 0.2) is 0 Å². The zero-order chi connectivity index (χ0) is 13.5. The molecule has 0 atom stereocenters. The Kier molecular flexibility index (Phi) is 4.66. The molecule has 0 aliphatic heterocycles. The molecule has 0 radical (unpaired) electrons. The average Bonchev–Trinajstić information content (AvgIpc) is 2.44. The van der Waals surface area contributed by atoms with E-state index in [-0.39, 0.29) is 0 Å². The molecule has 2 aromatic rings. The van der Waals surface area contributed by atoms with Gasteiger partial charge in [0.25, 0.3) is 0 Å². The van der Waals surface area contributed by atoms with E-state index in [1.54, 1.807) is 6.20 Å². The van der Waals surface area contributed by atoms with Crippen LogP contribution in [-0.4, -0.2) is 11.5 Å². The molecule has 1 heterocycles. The summed E-state index contributed by atoms with van der Waals surface area (Å²) in [7, 11) is 0. The molecule has 0 unspecified atom stereocenters. The molecule has 3 nitrogen and oxygen atoms in total. The monoisotopic (exact) mass is 251 g/mol. The summed E-state index contributed by atoms with van der Waals surface area (Å²) >= 11 is 0. The zero-order valence-electron chi connectivity index (χ0n) is 11.1. The molecule has 0 saturated heterocycles. The minimum atomic E-state index is 0.505. The van der Waals surface area contributed by atoms with Crippen molar-refractivity contribution < 1.29 is 0 Å². The lowest BCUT2D eigenvalue weighted by molar-refractivity contribution is 0.684. The van der Waals surface area contributed by atoms with Gasteiger partial charge in [-0.2, -0.15) is 5.26 Å². The Labute approximate surface area is 113 Å². The van der Waals surface area contributed by atoms with Crippen LogP contribution in [0, 0.1) is 18.3 Å². The molecule has 2 rings (SSSR count). The van der Waals surface area contributed by atoms with E-state index < -0.39 is 0 Å². The molecule has 0 spiro atoms. The van der Waals surface area contributed by atoms with Crippen LogP contribution in [0.2, 0.25) is 0 Å². The van der Waals surface area contributed by atoms with E-state index in [9.17, 15) is 0 Å². The summed E-state index contributed by atoms with van der Waals surface area (Å²) in [4.78, 5) is 4.04. The van der Waals surface area contributed by atoms with Crippen LogP contribution >= 0.6 is 0 Å². The van der Waals surface area contributed by atoms with Crippen molar-refractivity contribution in [2.45, 2.75) is 19.9 Å². The molecule has 1 aromatic heterocycles. The number of rotatable bonds is 5. The Morgan fingerprint density at radius 3 is 2.95 bits per heavy atom. The van der Waals surface area contributed by atoms with Crippen molar-refractivity contribution in [3.63, 3.8) is 0 Å². The maximum absolute atomic E-state index is 8.94. The van der Waals surface area contributed by atoms with Crippen LogP contribution < -0.4 is 5.32 Å². The summed E-state index contributed by atoms with van der Waals surface area (Å²) in [6, 6.07) is 14.4. The van der Waals surface area contributed by atoms with E-state index in [4.69, 9.17) is 5.26 Å². The molecule has 19 heavy (non-hydrogen) atoms. The van der Waals surface area contributed by atoms with E-state index in [0.717, 1.165) is 18.5 Å². The Morgan fingerprint density at radius 2 is 2.16 bits per heavy atom. The second-order valence-corrected chi connectivity index (χ2v) is 4.54. The van der Waals surface area contributed by atoms with Crippen LogP contribution in [0.3, 0.4) is 0 Å². The number of benzene rings is 1. The smallest absolute Gasteiger partial charge is 0.144 e. The number of aromatic nitrogens is 1. The van der Waals surface area contributed by atoms with E-state index in [1.165, 1.54) is 11.1 Å². The highest BCUT2D eigenvalue weighted by atomic mass is 14.9. The lowest BCUT2D eigenvalue weighted by Gasteiger charge is -2.06. The summed E-state index contributed by atoms with van der Waals surface area (Å²) in [5, 5.41) is 12.3. The Morgan fingerprint density at radius 1 is 1.26 bits per heavy atom. The highest BCUT2D eigenvalue weighted by Crippen LogP contribution is 2.05. The summed E-state index contributed by atoms with van der Waals surface area (Å²) < 4.78 is 0. The number of nitriles is 1. The van der Waals surface area contributed by atoms with Gasteiger partial charge in [-0.05, 0) is 31.5 Å². The first-order chi connectivity index (χ1) is 9.29. The Hall–Kier alpha value is -2.18. The lowest BCUT2D eigenvalue weighted by Crippen LogP contribution is -2.17. The molecule has 1 N–H and O–H groups in total. The van der Waals surface area contributed by atoms with Gasteiger partial charge in [-0.1, -0.05) is 35.9 Å². The number of hydrogen-bond acceptors (Lipinski definition) is 3. The fraction of sp³-hybridized carbons (Fsp3) is 0.250. The van der Waals surface area contributed by atoms with Gasteiger partial charge >= 0.3 is 0 Å². The molecular formula is C16H17N3. The van der Waals surface area contributed by atoms with Crippen molar-refractivity contribution in [1.82, 2.24) is 10.3 Å². The van der Waals surface area contributed by atoms with E-state index >= 15 is 0 Å². The van der Waals surface area contributed by atoms with Crippen molar-refractivity contribution in [3.8, 4) is 6.07 Å². The SMILES string of the molecule is Cc1cccc(CCNCc2cccnc2C#N)c1. The Balaban J connectivity index is 1.83. The molecule has 0 amide bonds. The molecule has 0 bridgehead atoms. The zero-order valence-corrected chi connectivity index (χ0v) is 11.1. The standard InChI is InChI=1S/C16H17N3/c1-13-4-2-5-14(10-13)7-9-18-12-15-6-3-8-19-16(15)11-17/h2-6,8,10,18H,7,9,12H2,1H3. The van der Waals surface area contributed by atoms with Gasteiger partial charge < -0.3 is 5.32 Å². The fourth-order valence-corrected chi connectivity index (χ4v) is 2.01. The Bertz CT molecular complexity index is 585. The topological polar surface area (TPSA) is 48.7 Å². The lowest BCUT2D eigenvalue weighted by atomic mass is 10.1. The normalized spacial score (nSPS) is 10.1. The first-order valence-electron chi connectivity index (χ1n) is 6.40. The van der Waals surface area contributed by atoms with E-state index in [0.29, 0.717) is 12.2 Å². The van der Waals surface area contributed by atoms with Gasteiger partial charge in [0.1, 0.15) is 11.8 Å². The van der Waals surface area contributed by atoms with E-state index in [1.807, 2.05) is 12.1 Å². The van der Waals surface area contributed by atoms with Gasteiger partial charge in [0.2, 0.25) is 0 Å². The van der Waals surface area contributed by atoms with Gasteiger partial charge in [-0.3, -0.25) is 0 Å². The molecular weight excluding hydrogens is 234 g/mol. The van der Waals surface area contributed by atoms with Crippen LogP contribution in [0.4, 0.5) is 0 Å². The number of aryl methyl sites for hydroxylation is 1. The molecule has 0 saturated carbocycles. The number of nitrogens with zero attached hydrogens (tertiary/aromatic N) is 2.